The third-order valence-corrected chi connectivity index (χ3v) is 6.06. The number of pyridine rings is 1. The first-order valence-corrected chi connectivity index (χ1v) is 11.5. The Balaban J connectivity index is 1.58. The molecule has 3 atom stereocenters. The van der Waals surface area contributed by atoms with E-state index in [0.717, 1.165) is 5.69 Å². The number of nitrogens with zero attached hydrogens (tertiary/aromatic N) is 3. The maximum Gasteiger partial charge on any atom is 0.296 e. The average molecular weight is 489 g/mol. The van der Waals surface area contributed by atoms with E-state index >= 15 is 0 Å². The molecule has 182 valence electrons. The Morgan fingerprint density at radius 1 is 1.44 bits per heavy atom. The van der Waals surface area contributed by atoms with Crippen LogP contribution in [0.5, 0.6) is 5.75 Å². The van der Waals surface area contributed by atoms with Gasteiger partial charge >= 0.3 is 0 Å². The molecule has 34 heavy (non-hydrogen) atoms. The van der Waals surface area contributed by atoms with Gasteiger partial charge in [-0.3, -0.25) is 9.78 Å². The number of carbonyl (C=O) groups is 1. The number of halogens is 1. The number of fused-ring (bicyclic) bond motifs is 1. The SMILES string of the molecule is COc1cc(C(=O)N2CC(C)(CC(C)O)OCC2C)cc2nc(NCc3cc(Cl)ccn3)oc12. The van der Waals surface area contributed by atoms with E-state index in [1.165, 1.54) is 7.11 Å². The summed E-state index contributed by atoms with van der Waals surface area (Å²) in [4.78, 5) is 24.0. The van der Waals surface area contributed by atoms with Crippen LogP contribution in [-0.2, 0) is 11.3 Å². The summed E-state index contributed by atoms with van der Waals surface area (Å²) >= 11 is 6.01. The Labute approximate surface area is 203 Å². The molecule has 1 aliphatic rings. The molecule has 0 radical (unpaired) electrons. The van der Waals surface area contributed by atoms with E-state index in [-0.39, 0.29) is 18.0 Å². The molecule has 1 aliphatic heterocycles. The van der Waals surface area contributed by atoms with E-state index in [2.05, 4.69) is 15.3 Å². The zero-order chi connectivity index (χ0) is 24.5. The van der Waals surface area contributed by atoms with Crippen LogP contribution in [0.1, 0.15) is 43.2 Å². The van der Waals surface area contributed by atoms with Crippen LogP contribution < -0.4 is 10.1 Å². The largest absolute Gasteiger partial charge is 0.493 e. The summed E-state index contributed by atoms with van der Waals surface area (Å²) in [6.45, 7) is 6.71. The molecule has 3 aromatic rings. The molecule has 2 aromatic heterocycles. The van der Waals surface area contributed by atoms with Crippen LogP contribution >= 0.6 is 11.6 Å². The van der Waals surface area contributed by atoms with Gasteiger partial charge in [-0.15, -0.1) is 0 Å². The number of oxazole rings is 1. The van der Waals surface area contributed by atoms with Crippen molar-refractivity contribution in [3.05, 3.63) is 46.7 Å². The second-order valence-electron chi connectivity index (χ2n) is 8.96. The normalized spacial score (nSPS) is 21.5. The average Bonchev–Trinajstić information content (AvgIpc) is 3.21. The number of hydrogen-bond acceptors (Lipinski definition) is 8. The number of hydrogen-bond donors (Lipinski definition) is 2. The molecule has 1 fully saturated rings. The third kappa shape index (κ3) is 5.27. The summed E-state index contributed by atoms with van der Waals surface area (Å²) in [6, 6.07) is 6.98. The lowest BCUT2D eigenvalue weighted by Crippen LogP contribution is -2.57. The zero-order valence-electron chi connectivity index (χ0n) is 19.7. The highest BCUT2D eigenvalue weighted by Crippen LogP contribution is 2.32. The second-order valence-corrected chi connectivity index (χ2v) is 9.40. The first-order chi connectivity index (χ1) is 16.2. The summed E-state index contributed by atoms with van der Waals surface area (Å²) in [5.41, 5.74) is 1.49. The number of carbonyl (C=O) groups excluding carboxylic acids is 1. The van der Waals surface area contributed by atoms with Gasteiger partial charge in [-0.25, -0.2) is 0 Å². The highest BCUT2D eigenvalue weighted by molar-refractivity contribution is 6.30. The van der Waals surface area contributed by atoms with Crippen LogP contribution in [0, 0.1) is 0 Å². The number of nitrogens with one attached hydrogen (secondary N) is 1. The molecule has 1 amide bonds. The lowest BCUT2D eigenvalue weighted by Gasteiger charge is -2.44. The van der Waals surface area contributed by atoms with Gasteiger partial charge in [-0.1, -0.05) is 11.6 Å². The molecule has 2 N–H and O–H groups in total. The maximum absolute atomic E-state index is 13.5. The molecule has 0 bridgehead atoms. The van der Waals surface area contributed by atoms with Crippen LogP contribution in [0.3, 0.4) is 0 Å². The topological polar surface area (TPSA) is 110 Å². The molecule has 4 rings (SSSR count). The summed E-state index contributed by atoms with van der Waals surface area (Å²) in [7, 11) is 1.52. The number of ether oxygens (including phenoxy) is 2. The molecule has 9 nitrogen and oxygen atoms in total. The first kappa shape index (κ1) is 24.3. The molecule has 0 saturated carbocycles. The molecule has 3 unspecified atom stereocenters. The van der Waals surface area contributed by atoms with Crippen LogP contribution in [0.4, 0.5) is 6.01 Å². The lowest BCUT2D eigenvalue weighted by atomic mass is 9.94. The van der Waals surface area contributed by atoms with Crippen molar-refractivity contribution in [1.82, 2.24) is 14.9 Å². The van der Waals surface area contributed by atoms with Gasteiger partial charge in [0.25, 0.3) is 11.9 Å². The first-order valence-electron chi connectivity index (χ1n) is 11.1. The molecule has 3 heterocycles. The fraction of sp³-hybridized carbons (Fsp3) is 0.458. The number of aromatic nitrogens is 2. The lowest BCUT2D eigenvalue weighted by molar-refractivity contribution is -0.124. The molecule has 10 heteroatoms. The van der Waals surface area contributed by atoms with Gasteiger partial charge in [0.15, 0.2) is 11.3 Å². The minimum Gasteiger partial charge on any atom is -0.493 e. The van der Waals surface area contributed by atoms with Crippen LogP contribution in [-0.4, -0.2) is 63.9 Å². The number of morpholine rings is 1. The van der Waals surface area contributed by atoms with Crippen molar-refractivity contribution in [3.63, 3.8) is 0 Å². The van der Waals surface area contributed by atoms with E-state index < -0.39 is 11.7 Å². The fourth-order valence-electron chi connectivity index (χ4n) is 4.22. The van der Waals surface area contributed by atoms with E-state index in [9.17, 15) is 9.90 Å². The van der Waals surface area contributed by atoms with Crippen LogP contribution in [0.2, 0.25) is 5.02 Å². The number of aliphatic hydroxyl groups is 1. The summed E-state index contributed by atoms with van der Waals surface area (Å²) in [5, 5.41) is 13.5. The number of anilines is 1. The molecule has 0 spiro atoms. The number of benzene rings is 1. The highest BCUT2D eigenvalue weighted by Gasteiger charge is 2.39. The number of amides is 1. The van der Waals surface area contributed by atoms with Crippen LogP contribution in [0.15, 0.2) is 34.9 Å². The number of rotatable bonds is 7. The summed E-state index contributed by atoms with van der Waals surface area (Å²) < 4.78 is 17.3. The smallest absolute Gasteiger partial charge is 0.296 e. The standard InChI is InChI=1S/C24H29ClN4O5/c1-14-12-33-24(3,10-15(2)30)13-29(14)22(31)16-7-19-21(20(8-16)32-4)34-23(28-19)27-11-18-9-17(25)5-6-26-18/h5-9,14-15,30H,10-13H2,1-4H3,(H,27,28). The maximum atomic E-state index is 13.5. The minimum atomic E-state index is -0.621. The van der Waals surface area contributed by atoms with E-state index in [0.29, 0.717) is 53.6 Å². The Bertz CT molecular complexity index is 1180. The molecule has 1 aromatic carbocycles. The van der Waals surface area contributed by atoms with Gasteiger partial charge in [0.1, 0.15) is 5.52 Å². The second kappa shape index (κ2) is 9.77. The number of methoxy groups -OCH3 is 1. The van der Waals surface area contributed by atoms with E-state index in [4.69, 9.17) is 25.5 Å². The van der Waals surface area contributed by atoms with E-state index in [1.54, 1.807) is 42.3 Å². The van der Waals surface area contributed by atoms with Crippen molar-refractivity contribution in [1.29, 1.82) is 0 Å². The summed E-state index contributed by atoms with van der Waals surface area (Å²) in [5.74, 6) is 0.253. The highest BCUT2D eigenvalue weighted by atomic mass is 35.5. The van der Waals surface area contributed by atoms with Crippen LogP contribution in [0.25, 0.3) is 11.1 Å². The molecule has 0 aliphatic carbocycles. The van der Waals surface area contributed by atoms with Gasteiger partial charge in [0.2, 0.25) is 0 Å². The molecular weight excluding hydrogens is 460 g/mol. The fourth-order valence-corrected chi connectivity index (χ4v) is 4.41. The molecule has 1 saturated heterocycles. The van der Waals surface area contributed by atoms with Gasteiger partial charge in [0.05, 0.1) is 50.2 Å². The van der Waals surface area contributed by atoms with Crippen molar-refractivity contribution in [2.75, 3.05) is 25.6 Å². The van der Waals surface area contributed by atoms with Crippen molar-refractivity contribution >= 4 is 34.6 Å². The van der Waals surface area contributed by atoms with Crippen molar-refractivity contribution in [3.8, 4) is 5.75 Å². The Kier molecular flexibility index (Phi) is 6.97. The monoisotopic (exact) mass is 488 g/mol. The quantitative estimate of drug-likeness (QED) is 0.515. The summed E-state index contributed by atoms with van der Waals surface area (Å²) in [6.07, 6.45) is 1.53. The number of aliphatic hydroxyl groups excluding tert-OH is 1. The van der Waals surface area contributed by atoms with Gasteiger partial charge < -0.3 is 29.2 Å². The third-order valence-electron chi connectivity index (χ3n) is 5.82. The van der Waals surface area contributed by atoms with Crippen molar-refractivity contribution in [2.24, 2.45) is 0 Å². The predicted octanol–water partition coefficient (Wildman–Crippen LogP) is 3.89. The van der Waals surface area contributed by atoms with Crippen molar-refractivity contribution < 1.29 is 23.8 Å². The Morgan fingerprint density at radius 3 is 2.94 bits per heavy atom. The zero-order valence-corrected chi connectivity index (χ0v) is 20.4. The van der Waals surface area contributed by atoms with Gasteiger partial charge in [-0.2, -0.15) is 4.98 Å². The Morgan fingerprint density at radius 2 is 2.24 bits per heavy atom. The minimum absolute atomic E-state index is 0.115. The molecular formula is C24H29ClN4O5. The predicted molar refractivity (Wildman–Crippen MR) is 128 cm³/mol. The van der Waals surface area contributed by atoms with Crippen molar-refractivity contribution in [2.45, 2.75) is 51.5 Å². The van der Waals surface area contributed by atoms with E-state index in [1.807, 2.05) is 13.8 Å². The van der Waals surface area contributed by atoms with Gasteiger partial charge in [0, 0.05) is 23.2 Å². The van der Waals surface area contributed by atoms with Gasteiger partial charge in [-0.05, 0) is 45.0 Å². The Hall–Kier alpha value is -2.88.